The molecule has 21 heavy (non-hydrogen) atoms. The van der Waals surface area contributed by atoms with Crippen LogP contribution in [-0.4, -0.2) is 15.7 Å². The normalized spacial score (nSPS) is 10.5. The summed E-state index contributed by atoms with van der Waals surface area (Å²) in [7, 11) is 0. The lowest BCUT2D eigenvalue weighted by molar-refractivity contribution is 0.102. The maximum absolute atomic E-state index is 12.0. The van der Waals surface area contributed by atoms with Crippen LogP contribution >= 0.6 is 33.9 Å². The number of aromatic nitrogens is 2. The van der Waals surface area contributed by atoms with E-state index in [2.05, 4.69) is 33.0 Å². The lowest BCUT2D eigenvalue weighted by atomic mass is 10.2. The standard InChI is InChI=1S/C15H12IN3OS/c16-14-8-12(10-21-14)15(20)18-13-4-2-11(3-5-13)9-19-7-1-6-17-19/h1-8,10H,9H2,(H,18,20). The molecule has 0 bridgehead atoms. The largest absolute Gasteiger partial charge is 0.322 e. The number of thiophene rings is 1. The number of hydrogen-bond acceptors (Lipinski definition) is 3. The Morgan fingerprint density at radius 1 is 1.33 bits per heavy atom. The molecule has 4 nitrogen and oxygen atoms in total. The summed E-state index contributed by atoms with van der Waals surface area (Å²) < 4.78 is 2.97. The predicted octanol–water partition coefficient (Wildman–Crippen LogP) is 3.85. The topological polar surface area (TPSA) is 46.9 Å². The van der Waals surface area contributed by atoms with E-state index in [1.807, 2.05) is 52.7 Å². The number of hydrogen-bond donors (Lipinski definition) is 1. The van der Waals surface area contributed by atoms with Gasteiger partial charge in [0.05, 0.1) is 15.0 Å². The molecule has 1 amide bonds. The number of benzene rings is 1. The second-order valence-electron chi connectivity index (χ2n) is 4.49. The van der Waals surface area contributed by atoms with Gasteiger partial charge in [-0.05, 0) is 52.4 Å². The van der Waals surface area contributed by atoms with Gasteiger partial charge >= 0.3 is 0 Å². The summed E-state index contributed by atoms with van der Waals surface area (Å²) in [6, 6.07) is 11.6. The van der Waals surface area contributed by atoms with Crippen molar-refractivity contribution in [2.75, 3.05) is 5.32 Å². The van der Waals surface area contributed by atoms with Crippen LogP contribution in [-0.2, 0) is 6.54 Å². The first kappa shape index (κ1) is 14.3. The Kier molecular flexibility index (Phi) is 4.35. The van der Waals surface area contributed by atoms with Gasteiger partial charge in [0, 0.05) is 23.5 Å². The molecular weight excluding hydrogens is 397 g/mol. The van der Waals surface area contributed by atoms with Crippen LogP contribution in [0.5, 0.6) is 0 Å². The van der Waals surface area contributed by atoms with Crippen LogP contribution < -0.4 is 5.32 Å². The van der Waals surface area contributed by atoms with Crippen LogP contribution in [0.2, 0.25) is 0 Å². The van der Waals surface area contributed by atoms with E-state index in [9.17, 15) is 4.79 Å². The van der Waals surface area contributed by atoms with Gasteiger partial charge in [0.25, 0.3) is 5.91 Å². The number of nitrogens with one attached hydrogen (secondary N) is 1. The number of halogens is 1. The maximum Gasteiger partial charge on any atom is 0.256 e. The minimum Gasteiger partial charge on any atom is -0.322 e. The Morgan fingerprint density at radius 3 is 2.76 bits per heavy atom. The highest BCUT2D eigenvalue weighted by atomic mass is 127. The summed E-state index contributed by atoms with van der Waals surface area (Å²) in [5.41, 5.74) is 2.64. The van der Waals surface area contributed by atoms with E-state index in [1.54, 1.807) is 17.5 Å². The highest BCUT2D eigenvalue weighted by molar-refractivity contribution is 14.1. The third-order valence-corrected chi connectivity index (χ3v) is 4.73. The van der Waals surface area contributed by atoms with Crippen molar-refractivity contribution in [3.8, 4) is 0 Å². The molecule has 3 aromatic rings. The van der Waals surface area contributed by atoms with E-state index in [0.29, 0.717) is 5.56 Å². The molecule has 1 aromatic carbocycles. The van der Waals surface area contributed by atoms with Gasteiger partial charge < -0.3 is 5.32 Å². The lowest BCUT2D eigenvalue weighted by Gasteiger charge is -2.06. The van der Waals surface area contributed by atoms with Gasteiger partial charge in [-0.25, -0.2) is 0 Å². The molecule has 0 radical (unpaired) electrons. The zero-order chi connectivity index (χ0) is 14.7. The van der Waals surface area contributed by atoms with Crippen LogP contribution in [0.1, 0.15) is 15.9 Å². The number of carbonyl (C=O) groups is 1. The fourth-order valence-corrected chi connectivity index (χ4v) is 3.23. The van der Waals surface area contributed by atoms with Crippen molar-refractivity contribution in [2.45, 2.75) is 6.54 Å². The number of nitrogens with zero attached hydrogens (tertiary/aromatic N) is 2. The van der Waals surface area contributed by atoms with Gasteiger partial charge in [-0.2, -0.15) is 5.10 Å². The fourth-order valence-electron chi connectivity index (χ4n) is 1.91. The highest BCUT2D eigenvalue weighted by Crippen LogP contribution is 2.18. The van der Waals surface area contributed by atoms with Crippen molar-refractivity contribution < 1.29 is 4.79 Å². The van der Waals surface area contributed by atoms with Gasteiger partial charge in [0.15, 0.2) is 0 Å². The first-order valence-corrected chi connectivity index (χ1v) is 8.28. The molecule has 0 aliphatic rings. The number of anilines is 1. The average molecular weight is 409 g/mol. The molecule has 0 atom stereocenters. The molecule has 0 aliphatic carbocycles. The first-order chi connectivity index (χ1) is 10.2. The van der Waals surface area contributed by atoms with E-state index >= 15 is 0 Å². The van der Waals surface area contributed by atoms with Crippen molar-refractivity contribution in [3.63, 3.8) is 0 Å². The van der Waals surface area contributed by atoms with Crippen LogP contribution in [0, 0.1) is 2.88 Å². The second-order valence-corrected chi connectivity index (χ2v) is 7.30. The van der Waals surface area contributed by atoms with Crippen molar-refractivity contribution in [1.82, 2.24) is 9.78 Å². The van der Waals surface area contributed by atoms with E-state index in [-0.39, 0.29) is 5.91 Å². The maximum atomic E-state index is 12.0. The Bertz CT molecular complexity index is 735. The summed E-state index contributed by atoms with van der Waals surface area (Å²) in [6.45, 7) is 0.726. The fraction of sp³-hybridized carbons (Fsp3) is 0.0667. The molecule has 0 saturated heterocycles. The monoisotopic (exact) mass is 409 g/mol. The van der Waals surface area contributed by atoms with E-state index < -0.39 is 0 Å². The van der Waals surface area contributed by atoms with Gasteiger partial charge in [0.2, 0.25) is 0 Å². The summed E-state index contributed by atoms with van der Waals surface area (Å²) >= 11 is 3.77. The van der Waals surface area contributed by atoms with Crippen molar-refractivity contribution in [2.24, 2.45) is 0 Å². The Morgan fingerprint density at radius 2 is 2.14 bits per heavy atom. The molecule has 6 heteroatoms. The summed E-state index contributed by atoms with van der Waals surface area (Å²) in [5, 5.41) is 8.94. The zero-order valence-electron chi connectivity index (χ0n) is 11.0. The number of amides is 1. The lowest BCUT2D eigenvalue weighted by Crippen LogP contribution is -2.10. The smallest absolute Gasteiger partial charge is 0.256 e. The molecule has 0 saturated carbocycles. The zero-order valence-corrected chi connectivity index (χ0v) is 14.0. The molecule has 1 N–H and O–H groups in total. The van der Waals surface area contributed by atoms with Crippen LogP contribution in [0.4, 0.5) is 5.69 Å². The Hall–Kier alpha value is -1.67. The molecule has 0 fully saturated rings. The molecule has 2 aromatic heterocycles. The Labute approximate surface area is 139 Å². The quantitative estimate of drug-likeness (QED) is 0.666. The van der Waals surface area contributed by atoms with Gasteiger partial charge in [-0.3, -0.25) is 9.48 Å². The van der Waals surface area contributed by atoms with Crippen molar-refractivity contribution in [3.05, 3.63) is 68.2 Å². The van der Waals surface area contributed by atoms with Gasteiger partial charge in [-0.1, -0.05) is 12.1 Å². The summed E-state index contributed by atoms with van der Waals surface area (Å²) in [6.07, 6.45) is 3.69. The average Bonchev–Trinajstić information content (AvgIpc) is 3.12. The predicted molar refractivity (Wildman–Crippen MR) is 92.8 cm³/mol. The third-order valence-electron chi connectivity index (χ3n) is 2.95. The van der Waals surface area contributed by atoms with E-state index in [4.69, 9.17) is 0 Å². The number of carbonyl (C=O) groups excluding carboxylic acids is 1. The first-order valence-electron chi connectivity index (χ1n) is 6.32. The SMILES string of the molecule is O=C(Nc1ccc(Cn2cccn2)cc1)c1csc(I)c1. The molecule has 2 heterocycles. The van der Waals surface area contributed by atoms with Crippen molar-refractivity contribution >= 4 is 45.5 Å². The third kappa shape index (κ3) is 3.70. The second kappa shape index (κ2) is 6.40. The van der Waals surface area contributed by atoms with Crippen LogP contribution in [0.3, 0.4) is 0 Å². The Balaban J connectivity index is 1.65. The molecular formula is C15H12IN3OS. The minimum atomic E-state index is -0.0750. The summed E-state index contributed by atoms with van der Waals surface area (Å²) in [5.74, 6) is -0.0750. The van der Waals surface area contributed by atoms with E-state index in [1.165, 1.54) is 0 Å². The molecule has 106 valence electrons. The summed E-state index contributed by atoms with van der Waals surface area (Å²) in [4.78, 5) is 12.0. The molecule has 0 spiro atoms. The molecule has 0 unspecified atom stereocenters. The molecule has 3 rings (SSSR count). The minimum absolute atomic E-state index is 0.0750. The molecule has 0 aliphatic heterocycles. The highest BCUT2D eigenvalue weighted by Gasteiger charge is 2.08. The van der Waals surface area contributed by atoms with Crippen LogP contribution in [0.15, 0.2) is 54.2 Å². The van der Waals surface area contributed by atoms with Crippen molar-refractivity contribution in [1.29, 1.82) is 0 Å². The number of rotatable bonds is 4. The van der Waals surface area contributed by atoms with Crippen LogP contribution in [0.25, 0.3) is 0 Å². The van der Waals surface area contributed by atoms with Gasteiger partial charge in [0.1, 0.15) is 0 Å². The van der Waals surface area contributed by atoms with Gasteiger partial charge in [-0.15, -0.1) is 11.3 Å². The van der Waals surface area contributed by atoms with E-state index in [0.717, 1.165) is 20.7 Å².